The minimum Gasteiger partial charge on any atom is -0.314 e. The van der Waals surface area contributed by atoms with Crippen LogP contribution < -0.4 is 5.32 Å². The molecule has 0 bridgehead atoms. The molecule has 2 fully saturated rings. The zero-order valence-electron chi connectivity index (χ0n) is 13.0. The molecule has 3 rings (SSSR count). The smallest absolute Gasteiger partial charge is 0.0477 e. The molecule has 0 saturated carbocycles. The van der Waals surface area contributed by atoms with Crippen LogP contribution in [0.1, 0.15) is 11.6 Å². The second-order valence-electron chi connectivity index (χ2n) is 6.19. The SMILES string of the molecule is CN1CCN(CC(c2ccncc2)N2CCNCC2)CC1. The molecular weight excluding hydrogens is 262 g/mol. The molecule has 2 saturated heterocycles. The maximum atomic E-state index is 4.18. The van der Waals surface area contributed by atoms with Gasteiger partial charge in [-0.3, -0.25) is 14.8 Å². The Morgan fingerprint density at radius 2 is 1.71 bits per heavy atom. The highest BCUT2D eigenvalue weighted by Gasteiger charge is 2.25. The molecule has 3 heterocycles. The standard InChI is InChI=1S/C16H27N5/c1-19-10-12-20(13-11-19)14-16(15-2-4-17-5-3-15)21-8-6-18-7-9-21/h2-5,16,18H,6-14H2,1H3. The molecule has 1 atom stereocenters. The third-order valence-corrected chi connectivity index (χ3v) is 4.71. The van der Waals surface area contributed by atoms with Gasteiger partial charge < -0.3 is 10.2 Å². The van der Waals surface area contributed by atoms with Crippen molar-refractivity contribution in [2.24, 2.45) is 0 Å². The Morgan fingerprint density at radius 3 is 2.38 bits per heavy atom. The lowest BCUT2D eigenvalue weighted by Gasteiger charge is -2.40. The monoisotopic (exact) mass is 289 g/mol. The number of nitrogens with zero attached hydrogens (tertiary/aromatic N) is 4. The number of pyridine rings is 1. The summed E-state index contributed by atoms with van der Waals surface area (Å²) in [4.78, 5) is 11.8. The number of piperazine rings is 2. The van der Waals surface area contributed by atoms with Gasteiger partial charge in [-0.2, -0.15) is 0 Å². The average Bonchev–Trinajstić information content (AvgIpc) is 2.56. The van der Waals surface area contributed by atoms with Gasteiger partial charge in [0.2, 0.25) is 0 Å². The highest BCUT2D eigenvalue weighted by atomic mass is 15.3. The summed E-state index contributed by atoms with van der Waals surface area (Å²) in [7, 11) is 2.22. The molecule has 0 spiro atoms. The molecule has 5 heteroatoms. The van der Waals surface area contributed by atoms with Gasteiger partial charge in [0.1, 0.15) is 0 Å². The normalized spacial score (nSPS) is 24.0. The summed E-state index contributed by atoms with van der Waals surface area (Å²) < 4.78 is 0. The summed E-state index contributed by atoms with van der Waals surface area (Å²) in [5, 5.41) is 3.46. The zero-order chi connectivity index (χ0) is 14.5. The first kappa shape index (κ1) is 14.9. The zero-order valence-corrected chi connectivity index (χ0v) is 13.0. The van der Waals surface area contributed by atoms with E-state index >= 15 is 0 Å². The molecule has 0 aromatic carbocycles. The third-order valence-electron chi connectivity index (χ3n) is 4.71. The van der Waals surface area contributed by atoms with Crippen molar-refractivity contribution in [2.75, 3.05) is 66.0 Å². The van der Waals surface area contributed by atoms with E-state index < -0.39 is 0 Å². The summed E-state index contributed by atoms with van der Waals surface area (Å²) in [6.07, 6.45) is 3.85. The summed E-state index contributed by atoms with van der Waals surface area (Å²) in [6.45, 7) is 10.4. The van der Waals surface area contributed by atoms with E-state index in [-0.39, 0.29) is 0 Å². The molecule has 2 aliphatic rings. The van der Waals surface area contributed by atoms with Gasteiger partial charge in [-0.05, 0) is 24.7 Å². The second-order valence-corrected chi connectivity index (χ2v) is 6.19. The highest BCUT2D eigenvalue weighted by molar-refractivity contribution is 5.16. The van der Waals surface area contributed by atoms with Gasteiger partial charge in [0, 0.05) is 77.3 Å². The van der Waals surface area contributed by atoms with E-state index in [9.17, 15) is 0 Å². The lowest BCUT2D eigenvalue weighted by molar-refractivity contribution is 0.0923. The van der Waals surface area contributed by atoms with Crippen LogP contribution in [0.4, 0.5) is 0 Å². The molecule has 0 aliphatic carbocycles. The minimum absolute atomic E-state index is 0.499. The van der Waals surface area contributed by atoms with Gasteiger partial charge in [-0.15, -0.1) is 0 Å². The molecular formula is C16H27N5. The predicted molar refractivity (Wildman–Crippen MR) is 85.4 cm³/mol. The van der Waals surface area contributed by atoms with Gasteiger partial charge in [0.15, 0.2) is 0 Å². The van der Waals surface area contributed by atoms with Crippen LogP contribution in [0.2, 0.25) is 0 Å². The van der Waals surface area contributed by atoms with E-state index in [4.69, 9.17) is 0 Å². The largest absolute Gasteiger partial charge is 0.314 e. The Balaban J connectivity index is 1.69. The number of likely N-dealkylation sites (N-methyl/N-ethyl adjacent to an activating group) is 1. The first-order chi connectivity index (χ1) is 10.3. The Kier molecular flexibility index (Phi) is 5.19. The lowest BCUT2D eigenvalue weighted by Crippen LogP contribution is -2.51. The van der Waals surface area contributed by atoms with Crippen LogP contribution >= 0.6 is 0 Å². The van der Waals surface area contributed by atoms with Crippen molar-refractivity contribution in [2.45, 2.75) is 6.04 Å². The fourth-order valence-electron chi connectivity index (χ4n) is 3.29. The number of hydrogen-bond donors (Lipinski definition) is 1. The van der Waals surface area contributed by atoms with E-state index in [0.717, 1.165) is 32.7 Å². The summed E-state index contributed by atoms with van der Waals surface area (Å²) in [6, 6.07) is 4.87. The quantitative estimate of drug-likeness (QED) is 0.861. The van der Waals surface area contributed by atoms with Gasteiger partial charge in [0.05, 0.1) is 0 Å². The molecule has 5 nitrogen and oxygen atoms in total. The van der Waals surface area contributed by atoms with Crippen molar-refractivity contribution in [3.8, 4) is 0 Å². The Labute approximate surface area is 127 Å². The molecule has 21 heavy (non-hydrogen) atoms. The first-order valence-corrected chi connectivity index (χ1v) is 8.08. The Morgan fingerprint density at radius 1 is 1.05 bits per heavy atom. The molecule has 1 unspecified atom stereocenters. The second kappa shape index (κ2) is 7.31. The van der Waals surface area contributed by atoms with E-state index in [0.29, 0.717) is 6.04 Å². The first-order valence-electron chi connectivity index (χ1n) is 8.08. The van der Waals surface area contributed by atoms with Crippen molar-refractivity contribution in [3.05, 3.63) is 30.1 Å². The Hall–Kier alpha value is -1.01. The topological polar surface area (TPSA) is 34.6 Å². The molecule has 1 N–H and O–H groups in total. The molecule has 1 aromatic rings. The summed E-state index contributed by atoms with van der Waals surface area (Å²) >= 11 is 0. The maximum absolute atomic E-state index is 4.18. The van der Waals surface area contributed by atoms with Crippen molar-refractivity contribution in [3.63, 3.8) is 0 Å². The van der Waals surface area contributed by atoms with Crippen molar-refractivity contribution in [1.29, 1.82) is 0 Å². The fraction of sp³-hybridized carbons (Fsp3) is 0.688. The van der Waals surface area contributed by atoms with Crippen LogP contribution in [0.25, 0.3) is 0 Å². The molecule has 2 aliphatic heterocycles. The third kappa shape index (κ3) is 4.01. The number of nitrogens with one attached hydrogen (secondary N) is 1. The number of aromatic nitrogens is 1. The van der Waals surface area contributed by atoms with Crippen LogP contribution in [0.5, 0.6) is 0 Å². The number of hydrogen-bond acceptors (Lipinski definition) is 5. The molecule has 1 aromatic heterocycles. The van der Waals surface area contributed by atoms with Crippen LogP contribution in [-0.4, -0.2) is 85.6 Å². The van der Waals surface area contributed by atoms with Gasteiger partial charge in [0.25, 0.3) is 0 Å². The van der Waals surface area contributed by atoms with E-state index in [1.54, 1.807) is 0 Å². The number of rotatable bonds is 4. The Bertz CT molecular complexity index is 410. The van der Waals surface area contributed by atoms with Gasteiger partial charge >= 0.3 is 0 Å². The van der Waals surface area contributed by atoms with Crippen LogP contribution in [0.3, 0.4) is 0 Å². The average molecular weight is 289 g/mol. The van der Waals surface area contributed by atoms with Crippen LogP contribution in [0.15, 0.2) is 24.5 Å². The van der Waals surface area contributed by atoms with Crippen molar-refractivity contribution < 1.29 is 0 Å². The van der Waals surface area contributed by atoms with Gasteiger partial charge in [-0.25, -0.2) is 0 Å². The lowest BCUT2D eigenvalue weighted by atomic mass is 10.0. The fourth-order valence-corrected chi connectivity index (χ4v) is 3.29. The molecule has 0 radical (unpaired) electrons. The summed E-state index contributed by atoms with van der Waals surface area (Å²) in [5.41, 5.74) is 1.41. The predicted octanol–water partition coefficient (Wildman–Crippen LogP) is 0.275. The van der Waals surface area contributed by atoms with Crippen LogP contribution in [-0.2, 0) is 0 Å². The van der Waals surface area contributed by atoms with E-state index in [2.05, 4.69) is 44.2 Å². The maximum Gasteiger partial charge on any atom is 0.0477 e. The van der Waals surface area contributed by atoms with E-state index in [1.165, 1.54) is 31.7 Å². The van der Waals surface area contributed by atoms with Crippen molar-refractivity contribution >= 4 is 0 Å². The minimum atomic E-state index is 0.499. The van der Waals surface area contributed by atoms with E-state index in [1.807, 2.05) is 12.4 Å². The van der Waals surface area contributed by atoms with Gasteiger partial charge in [-0.1, -0.05) is 0 Å². The molecule has 0 amide bonds. The van der Waals surface area contributed by atoms with Crippen LogP contribution in [0, 0.1) is 0 Å². The molecule has 116 valence electrons. The highest BCUT2D eigenvalue weighted by Crippen LogP contribution is 2.22. The van der Waals surface area contributed by atoms with Crippen molar-refractivity contribution in [1.82, 2.24) is 25.0 Å². The summed E-state index contributed by atoms with van der Waals surface area (Å²) in [5.74, 6) is 0.